The minimum Gasteiger partial charge on any atom is -0.378 e. The molecule has 2 heteroatoms. The lowest BCUT2D eigenvalue weighted by atomic mass is 9.88. The van der Waals surface area contributed by atoms with Crippen molar-refractivity contribution in [2.45, 2.75) is 38.2 Å². The summed E-state index contributed by atoms with van der Waals surface area (Å²) in [6.07, 6.45) is 6.74. The molecule has 0 aromatic heterocycles. The first kappa shape index (κ1) is 8.47. The quantitative estimate of drug-likeness (QED) is 0.482. The zero-order valence-electron chi connectivity index (χ0n) is 6.84. The maximum atomic E-state index is 10.4. The number of aldehydes is 1. The molecule has 1 aliphatic carbocycles. The van der Waals surface area contributed by atoms with Crippen LogP contribution < -0.4 is 0 Å². The number of carbonyl (C=O) groups excluding carboxylic acids is 1. The second-order valence-corrected chi connectivity index (χ2v) is 3.24. The van der Waals surface area contributed by atoms with Gasteiger partial charge in [-0.1, -0.05) is 6.08 Å². The highest BCUT2D eigenvalue weighted by molar-refractivity contribution is 5.67. The normalized spacial score (nSPS) is 23.6. The summed E-state index contributed by atoms with van der Waals surface area (Å²) in [6.45, 7) is 1.55. The van der Waals surface area contributed by atoms with Gasteiger partial charge in [0.05, 0.1) is 0 Å². The van der Waals surface area contributed by atoms with E-state index in [2.05, 4.69) is 0 Å². The molecular formula is C9H14O2. The molecule has 11 heavy (non-hydrogen) atoms. The van der Waals surface area contributed by atoms with Gasteiger partial charge in [-0.25, -0.2) is 0 Å². The molecule has 1 N–H and O–H groups in total. The Morgan fingerprint density at radius 2 is 2.36 bits per heavy atom. The van der Waals surface area contributed by atoms with Crippen LogP contribution in [0.1, 0.15) is 32.6 Å². The Hall–Kier alpha value is -0.630. The predicted octanol–water partition coefficient (Wildman–Crippen LogP) is 1.44. The molecule has 1 aliphatic rings. The number of hydrogen-bond donors (Lipinski definition) is 1. The topological polar surface area (TPSA) is 37.3 Å². The first-order chi connectivity index (χ1) is 5.17. The molecule has 0 aliphatic heterocycles. The van der Waals surface area contributed by atoms with Crippen LogP contribution in [0.15, 0.2) is 11.6 Å². The van der Waals surface area contributed by atoms with E-state index < -0.39 is 5.60 Å². The van der Waals surface area contributed by atoms with Crippen LogP contribution in [0.25, 0.3) is 0 Å². The maximum Gasteiger partial charge on any atom is 0.155 e. The maximum absolute atomic E-state index is 10.4. The SMILES string of the molecule is CC(O)(C=O)C1=CCCCC1. The van der Waals surface area contributed by atoms with Gasteiger partial charge in [-0.2, -0.15) is 0 Å². The Labute approximate surface area is 66.9 Å². The Kier molecular flexibility index (Phi) is 2.45. The van der Waals surface area contributed by atoms with Crippen LogP contribution in [0.5, 0.6) is 0 Å². The fraction of sp³-hybridized carbons (Fsp3) is 0.667. The van der Waals surface area contributed by atoms with E-state index in [1.807, 2.05) is 6.08 Å². The molecule has 0 aromatic carbocycles. The lowest BCUT2D eigenvalue weighted by molar-refractivity contribution is -0.119. The standard InChI is InChI=1S/C9H14O2/c1-9(11,7-10)8-5-3-2-4-6-8/h5,7,11H,2-4,6H2,1H3. The first-order valence-corrected chi connectivity index (χ1v) is 4.05. The highest BCUT2D eigenvalue weighted by Gasteiger charge is 2.25. The van der Waals surface area contributed by atoms with Gasteiger partial charge in [-0.15, -0.1) is 0 Å². The van der Waals surface area contributed by atoms with Crippen molar-refractivity contribution in [3.63, 3.8) is 0 Å². The summed E-state index contributed by atoms with van der Waals surface area (Å²) in [5.41, 5.74) is -0.320. The number of hydrogen-bond acceptors (Lipinski definition) is 2. The van der Waals surface area contributed by atoms with E-state index in [-0.39, 0.29) is 0 Å². The molecule has 0 bridgehead atoms. The van der Waals surface area contributed by atoms with E-state index in [4.69, 9.17) is 0 Å². The minimum atomic E-state index is -1.21. The fourth-order valence-corrected chi connectivity index (χ4v) is 1.37. The number of allylic oxidation sites excluding steroid dienone is 1. The molecule has 0 aromatic rings. The number of rotatable bonds is 2. The molecule has 0 spiro atoms. The van der Waals surface area contributed by atoms with Crippen molar-refractivity contribution >= 4 is 6.29 Å². The van der Waals surface area contributed by atoms with E-state index in [1.165, 1.54) is 6.42 Å². The summed E-state index contributed by atoms with van der Waals surface area (Å²) >= 11 is 0. The summed E-state index contributed by atoms with van der Waals surface area (Å²) in [4.78, 5) is 10.4. The van der Waals surface area contributed by atoms with Crippen molar-refractivity contribution < 1.29 is 9.90 Å². The lowest BCUT2D eigenvalue weighted by Gasteiger charge is -2.22. The summed E-state index contributed by atoms with van der Waals surface area (Å²) in [5.74, 6) is 0. The van der Waals surface area contributed by atoms with Crippen molar-refractivity contribution in [1.82, 2.24) is 0 Å². The average Bonchev–Trinajstić information content (AvgIpc) is 2.06. The van der Waals surface area contributed by atoms with Crippen LogP contribution in [0, 0.1) is 0 Å². The second kappa shape index (κ2) is 3.18. The number of aliphatic hydroxyl groups is 1. The van der Waals surface area contributed by atoms with E-state index in [0.717, 1.165) is 24.8 Å². The van der Waals surface area contributed by atoms with E-state index in [1.54, 1.807) is 6.92 Å². The Balaban J connectivity index is 2.71. The van der Waals surface area contributed by atoms with Crippen LogP contribution >= 0.6 is 0 Å². The largest absolute Gasteiger partial charge is 0.378 e. The van der Waals surface area contributed by atoms with E-state index in [0.29, 0.717) is 6.29 Å². The highest BCUT2D eigenvalue weighted by atomic mass is 16.3. The van der Waals surface area contributed by atoms with Crippen LogP contribution in [0.4, 0.5) is 0 Å². The van der Waals surface area contributed by atoms with Crippen LogP contribution in [-0.2, 0) is 4.79 Å². The zero-order valence-corrected chi connectivity index (χ0v) is 6.84. The van der Waals surface area contributed by atoms with Gasteiger partial charge in [0.15, 0.2) is 6.29 Å². The average molecular weight is 154 g/mol. The monoisotopic (exact) mass is 154 g/mol. The molecular weight excluding hydrogens is 140 g/mol. The van der Waals surface area contributed by atoms with Gasteiger partial charge in [0.1, 0.15) is 5.60 Å². The second-order valence-electron chi connectivity index (χ2n) is 3.24. The van der Waals surface area contributed by atoms with Crippen molar-refractivity contribution in [2.75, 3.05) is 0 Å². The Bertz CT molecular complexity index is 180. The van der Waals surface area contributed by atoms with Crippen molar-refractivity contribution in [2.24, 2.45) is 0 Å². The minimum absolute atomic E-state index is 0.615. The molecule has 1 rings (SSSR count). The van der Waals surface area contributed by atoms with E-state index in [9.17, 15) is 9.90 Å². The van der Waals surface area contributed by atoms with Crippen LogP contribution in [0.2, 0.25) is 0 Å². The van der Waals surface area contributed by atoms with Gasteiger partial charge in [-0.05, 0) is 38.2 Å². The van der Waals surface area contributed by atoms with Crippen molar-refractivity contribution in [3.05, 3.63) is 11.6 Å². The zero-order chi connectivity index (χ0) is 8.32. The molecule has 1 unspecified atom stereocenters. The molecule has 62 valence electrons. The first-order valence-electron chi connectivity index (χ1n) is 4.05. The molecule has 0 fully saturated rings. The molecule has 1 atom stereocenters. The third-order valence-electron chi connectivity index (χ3n) is 2.17. The molecule has 0 saturated heterocycles. The Morgan fingerprint density at radius 1 is 1.64 bits per heavy atom. The van der Waals surface area contributed by atoms with Gasteiger partial charge in [0.25, 0.3) is 0 Å². The highest BCUT2D eigenvalue weighted by Crippen LogP contribution is 2.25. The van der Waals surface area contributed by atoms with Gasteiger partial charge >= 0.3 is 0 Å². The lowest BCUT2D eigenvalue weighted by Crippen LogP contribution is -2.29. The van der Waals surface area contributed by atoms with Gasteiger partial charge in [0, 0.05) is 0 Å². The molecule has 0 heterocycles. The van der Waals surface area contributed by atoms with Gasteiger partial charge < -0.3 is 5.11 Å². The third-order valence-corrected chi connectivity index (χ3v) is 2.17. The predicted molar refractivity (Wildman–Crippen MR) is 43.2 cm³/mol. The van der Waals surface area contributed by atoms with Crippen LogP contribution in [-0.4, -0.2) is 17.0 Å². The van der Waals surface area contributed by atoms with Crippen molar-refractivity contribution in [3.8, 4) is 0 Å². The third kappa shape index (κ3) is 1.90. The van der Waals surface area contributed by atoms with Crippen LogP contribution in [0.3, 0.4) is 0 Å². The van der Waals surface area contributed by atoms with E-state index >= 15 is 0 Å². The Morgan fingerprint density at radius 3 is 2.82 bits per heavy atom. The van der Waals surface area contributed by atoms with Gasteiger partial charge in [0.2, 0.25) is 0 Å². The molecule has 2 nitrogen and oxygen atoms in total. The molecule has 0 radical (unpaired) electrons. The van der Waals surface area contributed by atoms with Gasteiger partial charge in [-0.3, -0.25) is 4.79 Å². The molecule has 0 saturated carbocycles. The van der Waals surface area contributed by atoms with Crippen molar-refractivity contribution in [1.29, 1.82) is 0 Å². The molecule has 0 amide bonds. The summed E-state index contributed by atoms with van der Waals surface area (Å²) in [7, 11) is 0. The summed E-state index contributed by atoms with van der Waals surface area (Å²) in [6, 6.07) is 0. The smallest absolute Gasteiger partial charge is 0.155 e. The fourth-order valence-electron chi connectivity index (χ4n) is 1.37. The summed E-state index contributed by atoms with van der Waals surface area (Å²) in [5, 5.41) is 9.51. The summed E-state index contributed by atoms with van der Waals surface area (Å²) < 4.78 is 0. The number of carbonyl (C=O) groups is 1.